The predicted molar refractivity (Wildman–Crippen MR) is 88.6 cm³/mol. The molecule has 2 aromatic rings. The van der Waals surface area contributed by atoms with Crippen LogP contribution in [-0.2, 0) is 4.79 Å². The molecule has 1 aromatic carbocycles. The van der Waals surface area contributed by atoms with Crippen LogP contribution < -0.4 is 5.73 Å². The summed E-state index contributed by atoms with van der Waals surface area (Å²) in [6, 6.07) is 10.0. The molecule has 5 heteroatoms. The number of likely N-dealkylation sites (tertiary alicyclic amines) is 1. The fourth-order valence-electron chi connectivity index (χ4n) is 3.68. The lowest BCUT2D eigenvalue weighted by Crippen LogP contribution is -2.43. The van der Waals surface area contributed by atoms with E-state index in [1.54, 1.807) is 6.20 Å². The molecule has 1 amide bonds. The first-order chi connectivity index (χ1) is 11.1. The van der Waals surface area contributed by atoms with Crippen LogP contribution in [-0.4, -0.2) is 35.4 Å². The molecule has 3 rings (SSSR count). The van der Waals surface area contributed by atoms with E-state index >= 15 is 0 Å². The summed E-state index contributed by atoms with van der Waals surface area (Å²) in [7, 11) is 0. The molecule has 1 aliphatic heterocycles. The number of hydrogen-bond acceptors (Lipinski definition) is 4. The maximum atomic E-state index is 11.2. The maximum Gasteiger partial charge on any atom is 0.231 e. The van der Waals surface area contributed by atoms with Gasteiger partial charge in [0.1, 0.15) is 6.07 Å². The predicted octanol–water partition coefficient (Wildman–Crippen LogP) is 2.02. The summed E-state index contributed by atoms with van der Waals surface area (Å²) in [5.41, 5.74) is 7.91. The minimum Gasteiger partial charge on any atom is -0.369 e. The number of benzene rings is 1. The van der Waals surface area contributed by atoms with Crippen LogP contribution in [0.25, 0.3) is 10.9 Å². The minimum atomic E-state index is -0.288. The van der Waals surface area contributed by atoms with Gasteiger partial charge in [0.2, 0.25) is 5.91 Å². The second kappa shape index (κ2) is 6.35. The molecule has 0 aliphatic carbocycles. The van der Waals surface area contributed by atoms with Crippen LogP contribution >= 0.6 is 0 Å². The quantitative estimate of drug-likeness (QED) is 0.940. The zero-order chi connectivity index (χ0) is 16.4. The lowest BCUT2D eigenvalue weighted by Gasteiger charge is -2.36. The van der Waals surface area contributed by atoms with Gasteiger partial charge in [0, 0.05) is 24.7 Å². The van der Waals surface area contributed by atoms with Gasteiger partial charge in [0.25, 0.3) is 0 Å². The van der Waals surface area contributed by atoms with Gasteiger partial charge in [-0.1, -0.05) is 19.1 Å². The fourth-order valence-corrected chi connectivity index (χ4v) is 3.68. The van der Waals surface area contributed by atoms with Gasteiger partial charge in [-0.15, -0.1) is 0 Å². The standard InChI is InChI=1S/C18H20N4O/c1-12-7-14(10-22(9-12)11-17(20)23)15-5-4-13(8-19)18-16(15)3-2-6-21-18/h2-6,12,14H,7,9-11H2,1H3,(H2,20,23)/t12-,14-/m1/s1. The van der Waals surface area contributed by atoms with Crippen LogP contribution in [0.2, 0.25) is 0 Å². The summed E-state index contributed by atoms with van der Waals surface area (Å²) in [4.78, 5) is 17.8. The molecule has 2 N–H and O–H groups in total. The van der Waals surface area contributed by atoms with Crippen LogP contribution in [0.15, 0.2) is 30.5 Å². The van der Waals surface area contributed by atoms with E-state index in [2.05, 4.69) is 22.9 Å². The molecule has 0 radical (unpaired) electrons. The van der Waals surface area contributed by atoms with E-state index in [4.69, 9.17) is 5.73 Å². The second-order valence-corrected chi connectivity index (χ2v) is 6.41. The van der Waals surface area contributed by atoms with Gasteiger partial charge in [-0.2, -0.15) is 5.26 Å². The first kappa shape index (κ1) is 15.4. The van der Waals surface area contributed by atoms with E-state index in [0.29, 0.717) is 23.9 Å². The Morgan fingerprint density at radius 3 is 3.00 bits per heavy atom. The van der Waals surface area contributed by atoms with Gasteiger partial charge in [-0.25, -0.2) is 0 Å². The van der Waals surface area contributed by atoms with E-state index in [1.807, 2.05) is 24.3 Å². The Bertz CT molecular complexity index is 780. The molecule has 23 heavy (non-hydrogen) atoms. The Labute approximate surface area is 135 Å². The van der Waals surface area contributed by atoms with E-state index in [1.165, 1.54) is 5.56 Å². The van der Waals surface area contributed by atoms with E-state index in [0.717, 1.165) is 30.4 Å². The lowest BCUT2D eigenvalue weighted by atomic mass is 9.83. The molecule has 0 bridgehead atoms. The third-order valence-electron chi connectivity index (χ3n) is 4.48. The maximum absolute atomic E-state index is 11.2. The molecule has 2 heterocycles. The van der Waals surface area contributed by atoms with E-state index in [9.17, 15) is 10.1 Å². The molecular formula is C18H20N4O. The van der Waals surface area contributed by atoms with Crippen molar-refractivity contribution in [3.63, 3.8) is 0 Å². The summed E-state index contributed by atoms with van der Waals surface area (Å²) < 4.78 is 0. The summed E-state index contributed by atoms with van der Waals surface area (Å²) in [5, 5.41) is 10.3. The van der Waals surface area contributed by atoms with Crippen molar-refractivity contribution in [2.75, 3.05) is 19.6 Å². The van der Waals surface area contributed by atoms with Crippen LogP contribution in [0, 0.1) is 17.2 Å². The summed E-state index contributed by atoms with van der Waals surface area (Å²) in [5.74, 6) is 0.525. The second-order valence-electron chi connectivity index (χ2n) is 6.41. The molecule has 2 atom stereocenters. The van der Waals surface area contributed by atoms with Crippen molar-refractivity contribution in [1.29, 1.82) is 5.26 Å². The average molecular weight is 308 g/mol. The summed E-state index contributed by atoms with van der Waals surface area (Å²) in [6.07, 6.45) is 2.78. The number of carbonyl (C=O) groups is 1. The number of aromatic nitrogens is 1. The van der Waals surface area contributed by atoms with Gasteiger partial charge < -0.3 is 5.73 Å². The molecule has 1 saturated heterocycles. The number of primary amides is 1. The number of piperidine rings is 1. The average Bonchev–Trinajstić information content (AvgIpc) is 2.52. The first-order valence-electron chi connectivity index (χ1n) is 7.87. The molecule has 0 spiro atoms. The normalized spacial score (nSPS) is 21.9. The summed E-state index contributed by atoms with van der Waals surface area (Å²) >= 11 is 0. The van der Waals surface area contributed by atoms with Crippen LogP contribution in [0.4, 0.5) is 0 Å². The number of nitrogens with two attached hydrogens (primary N) is 1. The zero-order valence-corrected chi connectivity index (χ0v) is 13.2. The molecule has 0 unspecified atom stereocenters. The number of rotatable bonds is 3. The number of hydrogen-bond donors (Lipinski definition) is 1. The van der Waals surface area contributed by atoms with Gasteiger partial charge in [-0.3, -0.25) is 14.7 Å². The van der Waals surface area contributed by atoms with Gasteiger partial charge in [-0.05, 0) is 36.0 Å². The number of fused-ring (bicyclic) bond motifs is 1. The Hall–Kier alpha value is -2.45. The van der Waals surface area contributed by atoms with Crippen molar-refractivity contribution in [3.05, 3.63) is 41.6 Å². The van der Waals surface area contributed by atoms with Gasteiger partial charge >= 0.3 is 0 Å². The highest BCUT2D eigenvalue weighted by atomic mass is 16.1. The van der Waals surface area contributed by atoms with Crippen molar-refractivity contribution in [2.24, 2.45) is 11.7 Å². The van der Waals surface area contributed by atoms with Crippen LogP contribution in [0.5, 0.6) is 0 Å². The van der Waals surface area contributed by atoms with E-state index < -0.39 is 0 Å². The van der Waals surface area contributed by atoms with Crippen molar-refractivity contribution in [2.45, 2.75) is 19.3 Å². The van der Waals surface area contributed by atoms with E-state index in [-0.39, 0.29) is 5.91 Å². The Morgan fingerprint density at radius 2 is 2.26 bits per heavy atom. The minimum absolute atomic E-state index is 0.288. The monoisotopic (exact) mass is 308 g/mol. The topological polar surface area (TPSA) is 83.0 Å². The number of carbonyl (C=O) groups excluding carboxylic acids is 1. The van der Waals surface area contributed by atoms with Crippen LogP contribution in [0.1, 0.15) is 30.4 Å². The zero-order valence-electron chi connectivity index (χ0n) is 13.2. The fraction of sp³-hybridized carbons (Fsp3) is 0.389. The molecule has 5 nitrogen and oxygen atoms in total. The van der Waals surface area contributed by atoms with Crippen molar-refractivity contribution < 1.29 is 4.79 Å². The highest BCUT2D eigenvalue weighted by Crippen LogP contribution is 2.34. The third-order valence-corrected chi connectivity index (χ3v) is 4.48. The Kier molecular flexibility index (Phi) is 4.26. The molecule has 118 valence electrons. The first-order valence-corrected chi connectivity index (χ1v) is 7.87. The van der Waals surface area contributed by atoms with Gasteiger partial charge in [0.15, 0.2) is 0 Å². The molecule has 1 aliphatic rings. The number of nitriles is 1. The Morgan fingerprint density at radius 1 is 1.43 bits per heavy atom. The SMILES string of the molecule is C[C@@H]1C[C@@H](c2ccc(C#N)c3ncccc23)CN(CC(N)=O)C1. The third kappa shape index (κ3) is 3.17. The van der Waals surface area contributed by atoms with Crippen molar-refractivity contribution >= 4 is 16.8 Å². The molecular weight excluding hydrogens is 288 g/mol. The number of nitrogens with zero attached hydrogens (tertiary/aromatic N) is 3. The molecule has 0 saturated carbocycles. The highest BCUT2D eigenvalue weighted by molar-refractivity contribution is 5.87. The summed E-state index contributed by atoms with van der Waals surface area (Å²) in [6.45, 7) is 4.20. The van der Waals surface area contributed by atoms with Crippen LogP contribution in [0.3, 0.4) is 0 Å². The van der Waals surface area contributed by atoms with Crippen molar-refractivity contribution in [1.82, 2.24) is 9.88 Å². The molecule has 1 aromatic heterocycles. The largest absolute Gasteiger partial charge is 0.369 e. The smallest absolute Gasteiger partial charge is 0.231 e. The molecule has 1 fully saturated rings. The Balaban J connectivity index is 1.99. The lowest BCUT2D eigenvalue weighted by molar-refractivity contribution is -0.119. The number of amides is 1. The van der Waals surface area contributed by atoms with Crippen molar-refractivity contribution in [3.8, 4) is 6.07 Å². The number of pyridine rings is 1. The van der Waals surface area contributed by atoms with Gasteiger partial charge in [0.05, 0.1) is 17.6 Å². The highest BCUT2D eigenvalue weighted by Gasteiger charge is 2.28.